The van der Waals surface area contributed by atoms with Crippen molar-refractivity contribution in [3.63, 3.8) is 0 Å². The number of amidine groups is 2. The SMILES string of the molecule is N=C1C(=Cc2ccc(OCCOc3ccccc3)c(Br)c2)C(=O)N=C2SC=CN12. The van der Waals surface area contributed by atoms with Gasteiger partial charge in [0.15, 0.2) is 5.17 Å². The Labute approximate surface area is 180 Å². The monoisotopic (exact) mass is 469 g/mol. The number of thioether (sulfide) groups is 1. The van der Waals surface area contributed by atoms with Crippen LogP contribution in [0.2, 0.25) is 0 Å². The number of hydrogen-bond acceptors (Lipinski definition) is 5. The first kappa shape index (κ1) is 19.5. The van der Waals surface area contributed by atoms with Gasteiger partial charge in [0.2, 0.25) is 0 Å². The first-order valence-electron chi connectivity index (χ1n) is 8.78. The highest BCUT2D eigenvalue weighted by Crippen LogP contribution is 2.30. The summed E-state index contributed by atoms with van der Waals surface area (Å²) < 4.78 is 12.1. The van der Waals surface area contributed by atoms with Crippen molar-refractivity contribution in [3.8, 4) is 11.5 Å². The number of amides is 1. The molecule has 2 aromatic rings. The lowest BCUT2D eigenvalue weighted by Gasteiger charge is -2.22. The number of nitrogens with one attached hydrogen (secondary N) is 1. The van der Waals surface area contributed by atoms with Crippen LogP contribution in [0.5, 0.6) is 11.5 Å². The van der Waals surface area contributed by atoms with Crippen LogP contribution in [0.1, 0.15) is 5.56 Å². The molecule has 1 N–H and O–H groups in total. The molecule has 6 nitrogen and oxygen atoms in total. The van der Waals surface area contributed by atoms with Crippen molar-refractivity contribution in [2.75, 3.05) is 13.2 Å². The topological polar surface area (TPSA) is 75.0 Å². The van der Waals surface area contributed by atoms with Gasteiger partial charge in [0.1, 0.15) is 30.5 Å². The number of halogens is 1. The highest BCUT2D eigenvalue weighted by molar-refractivity contribution is 9.10. The van der Waals surface area contributed by atoms with Crippen molar-refractivity contribution < 1.29 is 14.3 Å². The molecule has 0 radical (unpaired) electrons. The van der Waals surface area contributed by atoms with E-state index < -0.39 is 5.91 Å². The molecule has 4 rings (SSSR count). The minimum absolute atomic E-state index is 0.121. The predicted octanol–water partition coefficient (Wildman–Crippen LogP) is 4.68. The molecule has 8 heteroatoms. The van der Waals surface area contributed by atoms with Gasteiger partial charge < -0.3 is 9.47 Å². The summed E-state index contributed by atoms with van der Waals surface area (Å²) in [7, 11) is 0. The van der Waals surface area contributed by atoms with Crippen LogP contribution in [-0.2, 0) is 4.79 Å². The maximum atomic E-state index is 12.3. The normalized spacial score (nSPS) is 16.8. The molecule has 0 saturated carbocycles. The Kier molecular flexibility index (Phi) is 5.82. The first-order valence-corrected chi connectivity index (χ1v) is 10.5. The molecule has 0 fully saturated rings. The van der Waals surface area contributed by atoms with E-state index in [-0.39, 0.29) is 11.4 Å². The minimum atomic E-state index is -0.410. The summed E-state index contributed by atoms with van der Waals surface area (Å²) in [6.07, 6.45) is 3.39. The molecule has 0 bridgehead atoms. The molecule has 2 aromatic carbocycles. The van der Waals surface area contributed by atoms with E-state index in [1.54, 1.807) is 22.6 Å². The maximum Gasteiger partial charge on any atom is 0.283 e. The van der Waals surface area contributed by atoms with Gasteiger partial charge in [-0.1, -0.05) is 36.0 Å². The fraction of sp³-hybridized carbons (Fsp3) is 0.0952. The van der Waals surface area contributed by atoms with E-state index in [0.29, 0.717) is 24.1 Å². The van der Waals surface area contributed by atoms with Gasteiger partial charge in [0.25, 0.3) is 5.91 Å². The fourth-order valence-electron chi connectivity index (χ4n) is 2.75. The molecule has 0 unspecified atom stereocenters. The van der Waals surface area contributed by atoms with Crippen molar-refractivity contribution >= 4 is 50.7 Å². The molecule has 0 saturated heterocycles. The number of carbonyl (C=O) groups is 1. The zero-order valence-corrected chi connectivity index (χ0v) is 17.6. The summed E-state index contributed by atoms with van der Waals surface area (Å²) >= 11 is 4.82. The largest absolute Gasteiger partial charge is 0.490 e. The second-order valence-corrected chi connectivity index (χ2v) is 7.81. The standard InChI is InChI=1S/C21H16BrN3O3S/c22-17-13-14(12-16-19(23)25-8-11-29-21(25)24-20(16)26)6-7-18(17)28-10-9-27-15-4-2-1-3-5-15/h1-8,11-13,23H,9-10H2. The van der Waals surface area contributed by atoms with Crippen LogP contribution in [0.4, 0.5) is 0 Å². The molecule has 29 heavy (non-hydrogen) atoms. The van der Waals surface area contributed by atoms with E-state index in [1.807, 2.05) is 48.5 Å². The Hall–Kier alpha value is -2.84. The van der Waals surface area contributed by atoms with Gasteiger partial charge >= 0.3 is 0 Å². The Morgan fingerprint density at radius 2 is 1.93 bits per heavy atom. The van der Waals surface area contributed by atoms with E-state index in [2.05, 4.69) is 20.9 Å². The fourth-order valence-corrected chi connectivity index (χ4v) is 3.97. The Bertz CT molecular complexity index is 1050. The van der Waals surface area contributed by atoms with Gasteiger partial charge in [-0.3, -0.25) is 15.1 Å². The number of rotatable bonds is 6. The van der Waals surface area contributed by atoms with E-state index in [1.165, 1.54) is 11.8 Å². The van der Waals surface area contributed by atoms with Crippen LogP contribution in [0.3, 0.4) is 0 Å². The van der Waals surface area contributed by atoms with Gasteiger partial charge in [-0.25, -0.2) is 0 Å². The van der Waals surface area contributed by atoms with Gasteiger partial charge in [-0.05, 0) is 57.2 Å². The van der Waals surface area contributed by atoms with E-state index in [0.717, 1.165) is 15.8 Å². The molecular weight excluding hydrogens is 454 g/mol. The first-order chi connectivity index (χ1) is 14.1. The number of carbonyl (C=O) groups excluding carboxylic acids is 1. The quantitative estimate of drug-likeness (QED) is 0.490. The van der Waals surface area contributed by atoms with Gasteiger partial charge in [0.05, 0.1) is 10.0 Å². The van der Waals surface area contributed by atoms with Crippen LogP contribution in [0.15, 0.2) is 75.2 Å². The summed E-state index contributed by atoms with van der Waals surface area (Å²) in [4.78, 5) is 17.9. The lowest BCUT2D eigenvalue weighted by Crippen LogP contribution is -2.35. The van der Waals surface area contributed by atoms with Gasteiger partial charge in [-0.15, -0.1) is 0 Å². The average Bonchev–Trinajstić information content (AvgIpc) is 3.19. The molecule has 2 aliphatic rings. The molecular formula is C21H16BrN3O3S. The molecule has 146 valence electrons. The third-order valence-corrected chi connectivity index (χ3v) is 5.51. The predicted molar refractivity (Wildman–Crippen MR) is 118 cm³/mol. The number of ether oxygens (including phenoxy) is 2. The van der Waals surface area contributed by atoms with Crippen LogP contribution >= 0.6 is 27.7 Å². The summed E-state index contributed by atoms with van der Waals surface area (Å²) in [5, 5.41) is 10.6. The second-order valence-electron chi connectivity index (χ2n) is 6.08. The van der Waals surface area contributed by atoms with Crippen molar-refractivity contribution in [1.29, 1.82) is 5.41 Å². The highest BCUT2D eigenvalue weighted by atomic mass is 79.9. The third kappa shape index (κ3) is 4.44. The van der Waals surface area contributed by atoms with Crippen molar-refractivity contribution in [1.82, 2.24) is 4.90 Å². The summed E-state index contributed by atoms with van der Waals surface area (Å²) in [5.41, 5.74) is 1.02. The molecule has 0 aliphatic carbocycles. The molecule has 2 heterocycles. The zero-order chi connectivity index (χ0) is 20.2. The van der Waals surface area contributed by atoms with E-state index in [9.17, 15) is 4.79 Å². The zero-order valence-electron chi connectivity index (χ0n) is 15.2. The van der Waals surface area contributed by atoms with Crippen LogP contribution in [0, 0.1) is 5.41 Å². The molecule has 0 aromatic heterocycles. The Morgan fingerprint density at radius 1 is 1.14 bits per heavy atom. The number of fused-ring (bicyclic) bond motifs is 1. The molecule has 1 amide bonds. The van der Waals surface area contributed by atoms with Crippen LogP contribution in [-0.4, -0.2) is 35.0 Å². The minimum Gasteiger partial charge on any atom is -0.490 e. The van der Waals surface area contributed by atoms with Crippen molar-refractivity contribution in [2.24, 2.45) is 4.99 Å². The summed E-state index contributed by atoms with van der Waals surface area (Å²) in [5.74, 6) is 1.18. The van der Waals surface area contributed by atoms with Crippen molar-refractivity contribution in [2.45, 2.75) is 0 Å². The third-order valence-electron chi connectivity index (χ3n) is 4.13. The summed E-state index contributed by atoms with van der Waals surface area (Å²) in [6, 6.07) is 15.1. The van der Waals surface area contributed by atoms with E-state index in [4.69, 9.17) is 14.9 Å². The number of para-hydroxylation sites is 1. The highest BCUT2D eigenvalue weighted by Gasteiger charge is 2.30. The molecule has 2 aliphatic heterocycles. The molecule has 0 spiro atoms. The van der Waals surface area contributed by atoms with Gasteiger partial charge in [0, 0.05) is 6.20 Å². The number of nitrogens with zero attached hydrogens (tertiary/aromatic N) is 2. The van der Waals surface area contributed by atoms with Gasteiger partial charge in [-0.2, -0.15) is 4.99 Å². The van der Waals surface area contributed by atoms with E-state index >= 15 is 0 Å². The maximum absolute atomic E-state index is 12.3. The lowest BCUT2D eigenvalue weighted by atomic mass is 10.1. The second kappa shape index (κ2) is 8.67. The smallest absolute Gasteiger partial charge is 0.283 e. The summed E-state index contributed by atoms with van der Waals surface area (Å²) in [6.45, 7) is 0.823. The van der Waals surface area contributed by atoms with Crippen LogP contribution in [0.25, 0.3) is 6.08 Å². The Balaban J connectivity index is 1.41. The molecule has 0 atom stereocenters. The number of hydrogen-bond donors (Lipinski definition) is 1. The van der Waals surface area contributed by atoms with Crippen LogP contribution < -0.4 is 9.47 Å². The Morgan fingerprint density at radius 3 is 2.72 bits per heavy atom. The number of benzene rings is 2. The van der Waals surface area contributed by atoms with Crippen molar-refractivity contribution in [3.05, 3.63) is 75.7 Å². The average molecular weight is 470 g/mol. The lowest BCUT2D eigenvalue weighted by molar-refractivity contribution is -0.114. The number of aliphatic imine (C=N–C) groups is 1.